The number of nitrogens with one attached hydrogen (secondary N) is 1. The Balaban J connectivity index is 1.70. The summed E-state index contributed by atoms with van der Waals surface area (Å²) >= 11 is 6.09. The van der Waals surface area contributed by atoms with Gasteiger partial charge in [0.15, 0.2) is 6.10 Å². The summed E-state index contributed by atoms with van der Waals surface area (Å²) in [5.74, 6) is -0.498. The SMILES string of the molecule is COc1cc(Cl)c(C)cc1NC(=O)[C@@H](C)OC(=O)c1cc(C)n(C2CC2)c1C. The number of halogens is 1. The monoisotopic (exact) mass is 404 g/mol. The molecule has 7 heteroatoms. The lowest BCUT2D eigenvalue weighted by Crippen LogP contribution is -2.30. The minimum atomic E-state index is -0.961. The second-order valence-electron chi connectivity index (χ2n) is 7.22. The van der Waals surface area contributed by atoms with Crippen molar-refractivity contribution in [3.63, 3.8) is 0 Å². The van der Waals surface area contributed by atoms with E-state index < -0.39 is 18.0 Å². The number of carbonyl (C=O) groups excluding carboxylic acids is 2. The van der Waals surface area contributed by atoms with Crippen LogP contribution in [-0.2, 0) is 9.53 Å². The largest absolute Gasteiger partial charge is 0.495 e. The second-order valence-corrected chi connectivity index (χ2v) is 7.63. The molecule has 1 saturated carbocycles. The summed E-state index contributed by atoms with van der Waals surface area (Å²) in [5, 5.41) is 3.28. The van der Waals surface area contributed by atoms with E-state index >= 15 is 0 Å². The zero-order valence-electron chi connectivity index (χ0n) is 16.8. The lowest BCUT2D eigenvalue weighted by molar-refractivity contribution is -0.123. The van der Waals surface area contributed by atoms with Crippen molar-refractivity contribution in [2.75, 3.05) is 12.4 Å². The fourth-order valence-electron chi connectivity index (χ4n) is 3.32. The highest BCUT2D eigenvalue weighted by Crippen LogP contribution is 2.38. The molecule has 3 rings (SSSR count). The van der Waals surface area contributed by atoms with Crippen LogP contribution in [0.5, 0.6) is 5.75 Å². The maximum Gasteiger partial charge on any atom is 0.340 e. The molecule has 2 aromatic rings. The van der Waals surface area contributed by atoms with Gasteiger partial charge in [0.25, 0.3) is 5.91 Å². The highest BCUT2D eigenvalue weighted by Gasteiger charge is 2.30. The maximum atomic E-state index is 12.6. The molecular formula is C21H25ClN2O4. The quantitative estimate of drug-likeness (QED) is 0.714. The van der Waals surface area contributed by atoms with Crippen LogP contribution in [0.4, 0.5) is 5.69 Å². The normalized spacial score (nSPS) is 14.5. The summed E-state index contributed by atoms with van der Waals surface area (Å²) in [6, 6.07) is 5.65. The van der Waals surface area contributed by atoms with Crippen LogP contribution in [0.25, 0.3) is 0 Å². The average Bonchev–Trinajstić information content (AvgIpc) is 3.42. The molecular weight excluding hydrogens is 380 g/mol. The molecule has 1 amide bonds. The van der Waals surface area contributed by atoms with Crippen molar-refractivity contribution >= 4 is 29.2 Å². The Morgan fingerprint density at radius 3 is 2.50 bits per heavy atom. The predicted octanol–water partition coefficient (Wildman–Crippen LogP) is 4.59. The summed E-state index contributed by atoms with van der Waals surface area (Å²) in [7, 11) is 1.50. The second kappa shape index (κ2) is 7.87. The van der Waals surface area contributed by atoms with Gasteiger partial charge in [-0.2, -0.15) is 0 Å². The molecule has 1 aliphatic carbocycles. The summed E-state index contributed by atoms with van der Waals surface area (Å²) in [6.07, 6.45) is 1.30. The number of esters is 1. The van der Waals surface area contributed by atoms with E-state index in [2.05, 4.69) is 9.88 Å². The third kappa shape index (κ3) is 4.02. The van der Waals surface area contributed by atoms with Crippen LogP contribution in [0.3, 0.4) is 0 Å². The Bertz CT molecular complexity index is 931. The lowest BCUT2D eigenvalue weighted by atomic mass is 10.2. The molecule has 1 aromatic carbocycles. The van der Waals surface area contributed by atoms with Gasteiger partial charge in [-0.3, -0.25) is 4.79 Å². The van der Waals surface area contributed by atoms with Crippen LogP contribution in [0.1, 0.15) is 53.1 Å². The van der Waals surface area contributed by atoms with Gasteiger partial charge in [0.2, 0.25) is 0 Å². The van der Waals surface area contributed by atoms with Gasteiger partial charge in [-0.25, -0.2) is 4.79 Å². The molecule has 1 atom stereocenters. The molecule has 0 aliphatic heterocycles. The number of carbonyl (C=O) groups is 2. The van der Waals surface area contributed by atoms with Gasteiger partial charge in [0.05, 0.1) is 18.4 Å². The summed E-state index contributed by atoms with van der Waals surface area (Å²) in [5.41, 5.74) is 3.70. The molecule has 1 fully saturated rings. The van der Waals surface area contributed by atoms with Gasteiger partial charge in [0.1, 0.15) is 5.75 Å². The fourth-order valence-corrected chi connectivity index (χ4v) is 3.47. The van der Waals surface area contributed by atoms with E-state index in [1.807, 2.05) is 26.8 Å². The molecule has 0 saturated heterocycles. The standard InChI is InChI=1S/C21H25ClN2O4/c1-11-8-18(19(27-5)10-17(11)22)23-20(25)14(4)28-21(26)16-9-12(2)24(13(16)3)15-6-7-15/h8-10,14-15H,6-7H2,1-5H3,(H,23,25)/t14-/m1/s1. The Morgan fingerprint density at radius 1 is 1.21 bits per heavy atom. The van der Waals surface area contributed by atoms with E-state index in [0.29, 0.717) is 28.1 Å². The Hall–Kier alpha value is -2.47. The van der Waals surface area contributed by atoms with Crippen molar-refractivity contribution in [2.45, 2.75) is 52.7 Å². The van der Waals surface area contributed by atoms with Crippen LogP contribution in [0.2, 0.25) is 5.02 Å². The molecule has 1 aromatic heterocycles. The van der Waals surface area contributed by atoms with Gasteiger partial charge in [-0.05, 0) is 58.2 Å². The number of benzene rings is 1. The van der Waals surface area contributed by atoms with E-state index in [9.17, 15) is 9.59 Å². The van der Waals surface area contributed by atoms with Crippen LogP contribution in [-0.4, -0.2) is 29.7 Å². The minimum Gasteiger partial charge on any atom is -0.495 e. The number of nitrogens with zero attached hydrogens (tertiary/aromatic N) is 1. The van der Waals surface area contributed by atoms with E-state index in [1.165, 1.54) is 7.11 Å². The summed E-state index contributed by atoms with van der Waals surface area (Å²) < 4.78 is 12.8. The van der Waals surface area contributed by atoms with E-state index in [-0.39, 0.29) is 0 Å². The number of methoxy groups -OCH3 is 1. The van der Waals surface area contributed by atoms with Gasteiger partial charge in [0, 0.05) is 28.5 Å². The van der Waals surface area contributed by atoms with Crippen LogP contribution in [0, 0.1) is 20.8 Å². The third-order valence-electron chi connectivity index (χ3n) is 5.01. The zero-order chi connectivity index (χ0) is 20.6. The highest BCUT2D eigenvalue weighted by atomic mass is 35.5. The molecule has 1 aliphatic rings. The van der Waals surface area contributed by atoms with Gasteiger partial charge in [-0.1, -0.05) is 11.6 Å². The van der Waals surface area contributed by atoms with Gasteiger partial charge >= 0.3 is 5.97 Å². The first-order valence-corrected chi connectivity index (χ1v) is 9.65. The number of aromatic nitrogens is 1. The smallest absolute Gasteiger partial charge is 0.340 e. The van der Waals surface area contributed by atoms with Crippen molar-refractivity contribution in [3.8, 4) is 5.75 Å². The number of anilines is 1. The van der Waals surface area contributed by atoms with E-state index in [0.717, 1.165) is 29.8 Å². The van der Waals surface area contributed by atoms with Crippen molar-refractivity contribution in [1.82, 2.24) is 4.57 Å². The average molecular weight is 405 g/mol. The number of hydrogen-bond donors (Lipinski definition) is 1. The molecule has 150 valence electrons. The predicted molar refractivity (Wildman–Crippen MR) is 108 cm³/mol. The highest BCUT2D eigenvalue weighted by molar-refractivity contribution is 6.31. The molecule has 1 heterocycles. The molecule has 28 heavy (non-hydrogen) atoms. The summed E-state index contributed by atoms with van der Waals surface area (Å²) in [6.45, 7) is 7.26. The maximum absolute atomic E-state index is 12.6. The van der Waals surface area contributed by atoms with E-state index in [1.54, 1.807) is 19.1 Å². The number of ether oxygens (including phenoxy) is 2. The molecule has 6 nitrogen and oxygen atoms in total. The molecule has 0 spiro atoms. The third-order valence-corrected chi connectivity index (χ3v) is 5.42. The Labute approximate surface area is 169 Å². The topological polar surface area (TPSA) is 69.6 Å². The van der Waals surface area contributed by atoms with Gasteiger partial charge in [-0.15, -0.1) is 0 Å². The molecule has 0 unspecified atom stereocenters. The van der Waals surface area contributed by atoms with Crippen molar-refractivity contribution in [3.05, 3.63) is 45.7 Å². The van der Waals surface area contributed by atoms with Crippen molar-refractivity contribution in [2.24, 2.45) is 0 Å². The van der Waals surface area contributed by atoms with E-state index in [4.69, 9.17) is 21.1 Å². The number of amides is 1. The fraction of sp³-hybridized carbons (Fsp3) is 0.429. The van der Waals surface area contributed by atoms with Crippen LogP contribution >= 0.6 is 11.6 Å². The number of rotatable bonds is 6. The summed E-state index contributed by atoms with van der Waals surface area (Å²) in [4.78, 5) is 25.1. The zero-order valence-corrected chi connectivity index (χ0v) is 17.5. The molecule has 0 radical (unpaired) electrons. The molecule has 1 N–H and O–H groups in total. The van der Waals surface area contributed by atoms with Crippen molar-refractivity contribution < 1.29 is 19.1 Å². The molecule has 0 bridgehead atoms. The lowest BCUT2D eigenvalue weighted by Gasteiger charge is -2.16. The number of aryl methyl sites for hydroxylation is 2. The number of hydrogen-bond acceptors (Lipinski definition) is 4. The first kappa shape index (κ1) is 20.3. The first-order valence-electron chi connectivity index (χ1n) is 9.27. The van der Waals surface area contributed by atoms with Crippen LogP contribution in [0.15, 0.2) is 18.2 Å². The van der Waals surface area contributed by atoms with Crippen molar-refractivity contribution in [1.29, 1.82) is 0 Å². The Morgan fingerprint density at radius 2 is 1.89 bits per heavy atom. The Kier molecular flexibility index (Phi) is 5.70. The van der Waals surface area contributed by atoms with Gasteiger partial charge < -0.3 is 19.4 Å². The van der Waals surface area contributed by atoms with Crippen LogP contribution < -0.4 is 10.1 Å². The minimum absolute atomic E-state index is 0.440. The first-order chi connectivity index (χ1) is 13.2.